The van der Waals surface area contributed by atoms with Gasteiger partial charge in [0.25, 0.3) is 5.91 Å². The summed E-state index contributed by atoms with van der Waals surface area (Å²) in [6.07, 6.45) is 5.99. The molecule has 3 atom stereocenters. The van der Waals surface area contributed by atoms with E-state index in [-0.39, 0.29) is 18.0 Å². The minimum absolute atomic E-state index is 0.00672. The minimum Gasteiger partial charge on any atom is -0.383 e. The molecule has 5 heteroatoms. The van der Waals surface area contributed by atoms with Gasteiger partial charge in [-0.25, -0.2) is 4.98 Å². The molecule has 4 rings (SSSR count). The Hall–Kier alpha value is -2.40. The number of anilines is 1. The largest absolute Gasteiger partial charge is 0.383 e. The molecule has 0 bridgehead atoms. The van der Waals surface area contributed by atoms with E-state index in [1.807, 2.05) is 18.2 Å². The summed E-state index contributed by atoms with van der Waals surface area (Å²) < 4.78 is 0. The van der Waals surface area contributed by atoms with Crippen molar-refractivity contribution >= 4 is 11.7 Å². The van der Waals surface area contributed by atoms with Crippen LogP contribution in [0.5, 0.6) is 0 Å². The van der Waals surface area contributed by atoms with Crippen LogP contribution in [-0.4, -0.2) is 46.4 Å². The molecule has 0 saturated carbocycles. The fraction of sp³-hybridized carbons (Fsp3) is 0.429. The van der Waals surface area contributed by atoms with E-state index in [1.54, 1.807) is 18.3 Å². The van der Waals surface area contributed by atoms with Crippen molar-refractivity contribution in [2.45, 2.75) is 43.8 Å². The number of nitrogens with two attached hydrogens (primary N) is 1. The van der Waals surface area contributed by atoms with Gasteiger partial charge in [-0.3, -0.25) is 4.79 Å². The molecule has 0 unspecified atom stereocenters. The van der Waals surface area contributed by atoms with Crippen molar-refractivity contribution in [1.29, 1.82) is 0 Å². The number of rotatable bonds is 2. The Bertz CT molecular complexity index is 779. The number of hydrogen-bond acceptors (Lipinski definition) is 4. The second-order valence-electron chi connectivity index (χ2n) is 7.42. The van der Waals surface area contributed by atoms with Gasteiger partial charge in [0, 0.05) is 18.3 Å². The molecular formula is C21H26N4O. The Morgan fingerprint density at radius 3 is 2.69 bits per heavy atom. The van der Waals surface area contributed by atoms with E-state index in [4.69, 9.17) is 5.73 Å². The van der Waals surface area contributed by atoms with Gasteiger partial charge < -0.3 is 15.5 Å². The topological polar surface area (TPSA) is 62.5 Å². The SMILES string of the molecule is CN1CCCC[C@H]2[C@H]1C[C@@H](c1ccccc1)N2C(=O)c1cccnc1N. The number of fused-ring (bicyclic) bond motifs is 1. The van der Waals surface area contributed by atoms with E-state index in [2.05, 4.69) is 34.0 Å². The number of hydrogen-bond donors (Lipinski definition) is 1. The molecule has 0 aliphatic carbocycles. The molecule has 26 heavy (non-hydrogen) atoms. The normalized spacial score (nSPS) is 26.3. The van der Waals surface area contributed by atoms with Crippen LogP contribution in [0.15, 0.2) is 48.7 Å². The molecule has 136 valence electrons. The van der Waals surface area contributed by atoms with Crippen molar-refractivity contribution in [2.75, 3.05) is 19.3 Å². The Morgan fingerprint density at radius 1 is 1.12 bits per heavy atom. The van der Waals surface area contributed by atoms with Crippen LogP contribution in [0.3, 0.4) is 0 Å². The predicted octanol–water partition coefficient (Wildman–Crippen LogP) is 3.10. The summed E-state index contributed by atoms with van der Waals surface area (Å²) in [5.41, 5.74) is 7.74. The summed E-state index contributed by atoms with van der Waals surface area (Å²) >= 11 is 0. The van der Waals surface area contributed by atoms with Crippen LogP contribution in [0.1, 0.15) is 47.6 Å². The van der Waals surface area contributed by atoms with Crippen LogP contribution in [0.25, 0.3) is 0 Å². The number of carbonyl (C=O) groups is 1. The number of nitrogens with zero attached hydrogens (tertiary/aromatic N) is 3. The molecule has 1 amide bonds. The second kappa shape index (κ2) is 7.08. The third-order valence-corrected chi connectivity index (χ3v) is 5.92. The zero-order valence-electron chi connectivity index (χ0n) is 15.2. The molecule has 2 saturated heterocycles. The van der Waals surface area contributed by atoms with E-state index in [0.29, 0.717) is 17.4 Å². The van der Waals surface area contributed by atoms with Crippen LogP contribution in [0.4, 0.5) is 5.82 Å². The first-order chi connectivity index (χ1) is 12.7. The summed E-state index contributed by atoms with van der Waals surface area (Å²) in [5, 5.41) is 0. The maximum Gasteiger partial charge on any atom is 0.258 e. The van der Waals surface area contributed by atoms with Gasteiger partial charge in [-0.15, -0.1) is 0 Å². The van der Waals surface area contributed by atoms with E-state index < -0.39 is 0 Å². The lowest BCUT2D eigenvalue weighted by molar-refractivity contribution is 0.0633. The second-order valence-corrected chi connectivity index (χ2v) is 7.42. The van der Waals surface area contributed by atoms with E-state index in [9.17, 15) is 4.79 Å². The molecular weight excluding hydrogens is 324 g/mol. The van der Waals surface area contributed by atoms with Crippen molar-refractivity contribution in [3.63, 3.8) is 0 Å². The number of pyridine rings is 1. The highest BCUT2D eigenvalue weighted by atomic mass is 16.2. The monoisotopic (exact) mass is 350 g/mol. The van der Waals surface area contributed by atoms with Gasteiger partial charge in [0.05, 0.1) is 11.6 Å². The average Bonchev–Trinajstić information content (AvgIpc) is 2.96. The summed E-state index contributed by atoms with van der Waals surface area (Å²) in [4.78, 5) is 22.2. The highest BCUT2D eigenvalue weighted by Crippen LogP contribution is 2.42. The maximum absolute atomic E-state index is 13.5. The summed E-state index contributed by atoms with van der Waals surface area (Å²) in [5.74, 6) is 0.321. The molecule has 2 aromatic rings. The van der Waals surface area contributed by atoms with Gasteiger partial charge in [-0.1, -0.05) is 36.8 Å². The van der Waals surface area contributed by atoms with E-state index >= 15 is 0 Å². The zero-order chi connectivity index (χ0) is 18.1. The Morgan fingerprint density at radius 2 is 1.92 bits per heavy atom. The molecule has 0 radical (unpaired) electrons. The maximum atomic E-state index is 13.5. The van der Waals surface area contributed by atoms with Gasteiger partial charge in [-0.2, -0.15) is 0 Å². The van der Waals surface area contributed by atoms with Crippen LogP contribution >= 0.6 is 0 Å². The van der Waals surface area contributed by atoms with Gasteiger partial charge in [0.1, 0.15) is 5.82 Å². The molecule has 2 fully saturated rings. The quantitative estimate of drug-likeness (QED) is 0.904. The number of likely N-dealkylation sites (tertiary alicyclic amines) is 2. The number of likely N-dealkylation sites (N-methyl/N-ethyl adjacent to an activating group) is 1. The van der Waals surface area contributed by atoms with Gasteiger partial charge in [-0.05, 0) is 50.6 Å². The first-order valence-electron chi connectivity index (χ1n) is 9.45. The number of aromatic nitrogens is 1. The van der Waals surface area contributed by atoms with Crippen molar-refractivity contribution in [3.8, 4) is 0 Å². The highest BCUT2D eigenvalue weighted by Gasteiger charge is 2.46. The summed E-state index contributed by atoms with van der Waals surface area (Å²) in [7, 11) is 2.19. The third-order valence-electron chi connectivity index (χ3n) is 5.92. The molecule has 2 aliphatic rings. The lowest BCUT2D eigenvalue weighted by atomic mass is 10.0. The lowest BCUT2D eigenvalue weighted by Crippen LogP contribution is -2.44. The standard InChI is InChI=1S/C21H26N4O/c1-24-13-6-5-11-17-19(24)14-18(15-8-3-2-4-9-15)25(17)21(26)16-10-7-12-23-20(16)22/h2-4,7-10,12,17-19H,5-6,11,13-14H2,1H3,(H2,22,23)/t17-,18-,19+/m0/s1. The fourth-order valence-electron chi connectivity index (χ4n) is 4.60. The van der Waals surface area contributed by atoms with Crippen LogP contribution < -0.4 is 5.73 Å². The number of amides is 1. The Labute approximate surface area is 154 Å². The van der Waals surface area contributed by atoms with E-state index in [0.717, 1.165) is 25.8 Å². The Kier molecular flexibility index (Phi) is 4.64. The van der Waals surface area contributed by atoms with Gasteiger partial charge in [0.15, 0.2) is 0 Å². The van der Waals surface area contributed by atoms with Crippen LogP contribution in [0, 0.1) is 0 Å². The molecule has 0 spiro atoms. The number of carbonyl (C=O) groups excluding carboxylic acids is 1. The number of nitrogen functional groups attached to an aromatic ring is 1. The Balaban J connectivity index is 1.76. The molecule has 3 heterocycles. The molecule has 1 aromatic carbocycles. The molecule has 2 aliphatic heterocycles. The number of benzene rings is 1. The van der Waals surface area contributed by atoms with E-state index in [1.165, 1.54) is 12.0 Å². The first-order valence-corrected chi connectivity index (χ1v) is 9.45. The van der Waals surface area contributed by atoms with Gasteiger partial charge in [0.2, 0.25) is 0 Å². The fourth-order valence-corrected chi connectivity index (χ4v) is 4.60. The highest BCUT2D eigenvalue weighted by molar-refractivity contribution is 5.99. The minimum atomic E-state index is 0.00672. The average molecular weight is 350 g/mol. The zero-order valence-corrected chi connectivity index (χ0v) is 15.2. The lowest BCUT2D eigenvalue weighted by Gasteiger charge is -2.33. The summed E-state index contributed by atoms with van der Waals surface area (Å²) in [6, 6.07) is 14.7. The van der Waals surface area contributed by atoms with Crippen LogP contribution in [-0.2, 0) is 0 Å². The van der Waals surface area contributed by atoms with Crippen LogP contribution in [0.2, 0.25) is 0 Å². The molecule has 5 nitrogen and oxygen atoms in total. The van der Waals surface area contributed by atoms with Crippen molar-refractivity contribution in [3.05, 3.63) is 59.8 Å². The molecule has 1 aromatic heterocycles. The third kappa shape index (κ3) is 2.97. The summed E-state index contributed by atoms with van der Waals surface area (Å²) in [6.45, 7) is 1.10. The van der Waals surface area contributed by atoms with Crippen molar-refractivity contribution < 1.29 is 4.79 Å². The predicted molar refractivity (Wildman–Crippen MR) is 103 cm³/mol. The van der Waals surface area contributed by atoms with Gasteiger partial charge >= 0.3 is 0 Å². The van der Waals surface area contributed by atoms with Crippen molar-refractivity contribution in [1.82, 2.24) is 14.8 Å². The van der Waals surface area contributed by atoms with Crippen molar-refractivity contribution in [2.24, 2.45) is 0 Å². The first kappa shape index (κ1) is 17.0. The molecule has 2 N–H and O–H groups in total. The smallest absolute Gasteiger partial charge is 0.258 e.